The SMILES string of the molecule is CCn1nc(C)c(S(=O)(=O)N2CCC(c3ccccc3F)S(=O)(=O)CC2)c1C. The van der Waals surface area contributed by atoms with Crippen LogP contribution in [-0.4, -0.2) is 49.8 Å². The molecule has 1 saturated heterocycles. The fraction of sp³-hybridized carbons (Fsp3) is 0.500. The number of hydrogen-bond donors (Lipinski definition) is 0. The summed E-state index contributed by atoms with van der Waals surface area (Å²) in [7, 11) is -7.61. The lowest BCUT2D eigenvalue weighted by molar-refractivity contribution is 0.426. The van der Waals surface area contributed by atoms with Gasteiger partial charge in [-0.15, -0.1) is 0 Å². The molecule has 1 atom stereocenters. The maximum absolute atomic E-state index is 14.2. The molecule has 0 radical (unpaired) electrons. The first-order chi connectivity index (χ1) is 13.1. The average Bonchev–Trinajstić information content (AvgIpc) is 2.81. The standard InChI is InChI=1S/C18H24FN3O4S2/c1-4-22-14(3)18(13(2)20-22)28(25,26)21-10-9-17(27(23,24)12-11-21)15-7-5-6-8-16(15)19/h5-8,17H,4,9-12H2,1-3H3. The number of rotatable bonds is 4. The highest BCUT2D eigenvalue weighted by Gasteiger charge is 2.38. The van der Waals surface area contributed by atoms with E-state index in [9.17, 15) is 21.2 Å². The van der Waals surface area contributed by atoms with Crippen molar-refractivity contribution >= 4 is 19.9 Å². The summed E-state index contributed by atoms with van der Waals surface area (Å²) in [5.74, 6) is -0.950. The molecule has 1 fully saturated rings. The van der Waals surface area contributed by atoms with Crippen molar-refractivity contribution in [3.63, 3.8) is 0 Å². The van der Waals surface area contributed by atoms with Crippen molar-refractivity contribution < 1.29 is 21.2 Å². The van der Waals surface area contributed by atoms with E-state index in [1.54, 1.807) is 24.6 Å². The zero-order valence-corrected chi connectivity index (χ0v) is 17.7. The van der Waals surface area contributed by atoms with Gasteiger partial charge >= 0.3 is 0 Å². The Morgan fingerprint density at radius 3 is 2.50 bits per heavy atom. The maximum atomic E-state index is 14.2. The number of aryl methyl sites for hydroxylation is 2. The van der Waals surface area contributed by atoms with E-state index in [0.717, 1.165) is 0 Å². The van der Waals surface area contributed by atoms with Crippen LogP contribution in [0, 0.1) is 19.7 Å². The first-order valence-electron chi connectivity index (χ1n) is 9.09. The summed E-state index contributed by atoms with van der Waals surface area (Å²) >= 11 is 0. The van der Waals surface area contributed by atoms with Gasteiger partial charge in [0, 0.05) is 25.2 Å². The van der Waals surface area contributed by atoms with Gasteiger partial charge < -0.3 is 0 Å². The zero-order chi connectivity index (χ0) is 20.7. The van der Waals surface area contributed by atoms with Crippen molar-refractivity contribution in [2.45, 2.75) is 43.9 Å². The fourth-order valence-electron chi connectivity index (χ4n) is 3.74. The number of sulfonamides is 1. The van der Waals surface area contributed by atoms with E-state index >= 15 is 0 Å². The Hall–Kier alpha value is -1.78. The van der Waals surface area contributed by atoms with E-state index in [2.05, 4.69) is 5.10 Å². The van der Waals surface area contributed by atoms with E-state index < -0.39 is 30.9 Å². The third-order valence-corrected chi connectivity index (χ3v) is 9.42. The molecule has 0 bridgehead atoms. The number of sulfone groups is 1. The van der Waals surface area contributed by atoms with Gasteiger partial charge in [0.25, 0.3) is 0 Å². The molecule has 1 unspecified atom stereocenters. The summed E-state index contributed by atoms with van der Waals surface area (Å²) in [5.41, 5.74) is 1.00. The highest BCUT2D eigenvalue weighted by molar-refractivity contribution is 7.92. The van der Waals surface area contributed by atoms with E-state index in [4.69, 9.17) is 0 Å². The van der Waals surface area contributed by atoms with Gasteiger partial charge in [-0.25, -0.2) is 21.2 Å². The van der Waals surface area contributed by atoms with Crippen molar-refractivity contribution in [2.75, 3.05) is 18.8 Å². The second-order valence-electron chi connectivity index (χ2n) is 6.89. The predicted octanol–water partition coefficient (Wildman–Crippen LogP) is 2.21. The molecular formula is C18H24FN3O4S2. The highest BCUT2D eigenvalue weighted by Crippen LogP contribution is 2.33. The Morgan fingerprint density at radius 1 is 1.21 bits per heavy atom. The maximum Gasteiger partial charge on any atom is 0.246 e. The summed E-state index contributed by atoms with van der Waals surface area (Å²) < 4.78 is 68.9. The summed E-state index contributed by atoms with van der Waals surface area (Å²) in [6.07, 6.45) is 0.00249. The monoisotopic (exact) mass is 429 g/mol. The van der Waals surface area contributed by atoms with Gasteiger partial charge in [0.15, 0.2) is 9.84 Å². The van der Waals surface area contributed by atoms with Gasteiger partial charge in [-0.1, -0.05) is 18.2 Å². The Bertz CT molecular complexity index is 1090. The van der Waals surface area contributed by atoms with E-state index in [0.29, 0.717) is 17.9 Å². The van der Waals surface area contributed by atoms with Crippen LogP contribution in [-0.2, 0) is 26.4 Å². The van der Waals surface area contributed by atoms with Crippen LogP contribution in [0.4, 0.5) is 4.39 Å². The molecule has 2 aromatic rings. The molecule has 0 N–H and O–H groups in total. The number of nitrogens with zero attached hydrogens (tertiary/aromatic N) is 3. The Morgan fingerprint density at radius 2 is 1.89 bits per heavy atom. The summed E-state index contributed by atoms with van der Waals surface area (Å²) in [5, 5.41) is 3.20. The van der Waals surface area contributed by atoms with Crippen LogP contribution in [0.25, 0.3) is 0 Å². The molecule has 154 valence electrons. The van der Waals surface area contributed by atoms with Crippen molar-refractivity contribution in [2.24, 2.45) is 0 Å². The fourth-order valence-corrected chi connectivity index (χ4v) is 7.49. The van der Waals surface area contributed by atoms with Gasteiger partial charge in [0.1, 0.15) is 10.7 Å². The highest BCUT2D eigenvalue weighted by atomic mass is 32.2. The number of halogens is 1. The lowest BCUT2D eigenvalue weighted by Crippen LogP contribution is -2.34. The summed E-state index contributed by atoms with van der Waals surface area (Å²) in [4.78, 5) is 0.121. The average molecular weight is 430 g/mol. The van der Waals surface area contributed by atoms with E-state index in [-0.39, 0.29) is 35.7 Å². The van der Waals surface area contributed by atoms with Crippen LogP contribution in [0.2, 0.25) is 0 Å². The molecule has 1 aromatic carbocycles. The lowest BCUT2D eigenvalue weighted by Gasteiger charge is -2.20. The quantitative estimate of drug-likeness (QED) is 0.743. The van der Waals surface area contributed by atoms with Gasteiger partial charge in [-0.3, -0.25) is 4.68 Å². The van der Waals surface area contributed by atoms with Crippen molar-refractivity contribution in [1.82, 2.24) is 14.1 Å². The molecule has 0 amide bonds. The van der Waals surface area contributed by atoms with Crippen molar-refractivity contribution in [1.29, 1.82) is 0 Å². The number of benzene rings is 1. The third kappa shape index (κ3) is 3.60. The first-order valence-corrected chi connectivity index (χ1v) is 12.2. The van der Waals surface area contributed by atoms with Crippen LogP contribution in [0.1, 0.15) is 35.5 Å². The van der Waals surface area contributed by atoms with E-state index in [1.165, 1.54) is 22.5 Å². The molecule has 1 aliphatic rings. The molecule has 0 spiro atoms. The number of hydrogen-bond acceptors (Lipinski definition) is 5. The molecule has 1 aromatic heterocycles. The molecule has 3 rings (SSSR count). The summed E-state index contributed by atoms with van der Waals surface area (Å²) in [6, 6.07) is 5.74. The summed E-state index contributed by atoms with van der Waals surface area (Å²) in [6.45, 7) is 5.55. The van der Waals surface area contributed by atoms with E-state index in [1.807, 2.05) is 6.92 Å². The Labute approximate surface area is 165 Å². The van der Waals surface area contributed by atoms with Gasteiger partial charge in [0.05, 0.1) is 22.4 Å². The first kappa shape index (κ1) is 20.9. The molecule has 2 heterocycles. The van der Waals surface area contributed by atoms with Crippen molar-refractivity contribution in [3.8, 4) is 0 Å². The van der Waals surface area contributed by atoms with Crippen molar-refractivity contribution in [3.05, 3.63) is 47.0 Å². The van der Waals surface area contributed by atoms with Gasteiger partial charge in [-0.2, -0.15) is 9.40 Å². The van der Waals surface area contributed by atoms with Crippen LogP contribution >= 0.6 is 0 Å². The normalized spacial score (nSPS) is 20.8. The Balaban J connectivity index is 1.97. The molecule has 7 nitrogen and oxygen atoms in total. The zero-order valence-electron chi connectivity index (χ0n) is 16.1. The van der Waals surface area contributed by atoms with Crippen LogP contribution < -0.4 is 0 Å². The lowest BCUT2D eigenvalue weighted by atomic mass is 10.1. The van der Waals surface area contributed by atoms with Gasteiger partial charge in [-0.05, 0) is 33.3 Å². The molecule has 0 saturated carbocycles. The minimum atomic E-state index is -3.91. The third-order valence-electron chi connectivity index (χ3n) is 5.16. The van der Waals surface area contributed by atoms with Crippen LogP contribution in [0.3, 0.4) is 0 Å². The van der Waals surface area contributed by atoms with Crippen LogP contribution in [0.5, 0.6) is 0 Å². The molecule has 10 heteroatoms. The molecular weight excluding hydrogens is 405 g/mol. The van der Waals surface area contributed by atoms with Gasteiger partial charge in [0.2, 0.25) is 10.0 Å². The minimum absolute atomic E-state index is 0.00249. The largest absolute Gasteiger partial charge is 0.268 e. The molecule has 1 aliphatic heterocycles. The smallest absolute Gasteiger partial charge is 0.246 e. The predicted molar refractivity (Wildman–Crippen MR) is 104 cm³/mol. The molecule has 28 heavy (non-hydrogen) atoms. The second-order valence-corrected chi connectivity index (χ2v) is 11.1. The Kier molecular flexibility index (Phi) is 5.66. The molecule has 0 aliphatic carbocycles. The van der Waals surface area contributed by atoms with Crippen LogP contribution in [0.15, 0.2) is 29.2 Å². The number of aromatic nitrogens is 2. The minimum Gasteiger partial charge on any atom is -0.268 e. The second kappa shape index (κ2) is 7.57. The topological polar surface area (TPSA) is 89.3 Å².